The zero-order valence-electron chi connectivity index (χ0n) is 17.9. The van der Waals surface area contributed by atoms with Crippen LogP contribution in [0.3, 0.4) is 0 Å². The third-order valence-electron chi connectivity index (χ3n) is 5.19. The van der Waals surface area contributed by atoms with Crippen LogP contribution >= 0.6 is 0 Å². The van der Waals surface area contributed by atoms with E-state index in [0.717, 1.165) is 43.4 Å². The van der Waals surface area contributed by atoms with Crippen LogP contribution in [0.2, 0.25) is 0 Å². The molecule has 29 heavy (non-hydrogen) atoms. The Kier molecular flexibility index (Phi) is 7.11. The molecular weight excluding hydrogens is 360 g/mol. The monoisotopic (exact) mass is 392 g/mol. The molecule has 3 aromatic rings. The SMILES string of the molecule is CCN(CC)c1ccc(CNC(=NC)NCCc2c[nH]c3cc(C)ccc23)cn1. The number of pyridine rings is 1. The molecule has 2 aromatic heterocycles. The van der Waals surface area contributed by atoms with Crippen LogP contribution in [-0.2, 0) is 13.0 Å². The van der Waals surface area contributed by atoms with Crippen LogP contribution in [0.4, 0.5) is 5.82 Å². The second-order valence-corrected chi connectivity index (χ2v) is 7.16. The molecule has 0 spiro atoms. The van der Waals surface area contributed by atoms with Crippen molar-refractivity contribution in [3.63, 3.8) is 0 Å². The number of aromatic nitrogens is 2. The second-order valence-electron chi connectivity index (χ2n) is 7.16. The predicted octanol–water partition coefficient (Wildman–Crippen LogP) is 3.63. The van der Waals surface area contributed by atoms with Crippen LogP contribution in [0.1, 0.15) is 30.5 Å². The van der Waals surface area contributed by atoms with Gasteiger partial charge in [0.1, 0.15) is 5.82 Å². The fraction of sp³-hybridized carbons (Fsp3) is 0.391. The van der Waals surface area contributed by atoms with Crippen LogP contribution in [0.5, 0.6) is 0 Å². The molecule has 154 valence electrons. The number of hydrogen-bond donors (Lipinski definition) is 3. The summed E-state index contributed by atoms with van der Waals surface area (Å²) >= 11 is 0. The Balaban J connectivity index is 1.49. The highest BCUT2D eigenvalue weighted by atomic mass is 15.2. The lowest BCUT2D eigenvalue weighted by atomic mass is 10.1. The van der Waals surface area contributed by atoms with Gasteiger partial charge in [0, 0.05) is 56.5 Å². The Morgan fingerprint density at radius 3 is 2.66 bits per heavy atom. The van der Waals surface area contributed by atoms with Gasteiger partial charge in [0.15, 0.2) is 5.96 Å². The Labute approximate surface area is 173 Å². The van der Waals surface area contributed by atoms with Crippen molar-refractivity contribution in [2.75, 3.05) is 31.6 Å². The molecule has 0 saturated heterocycles. The normalized spacial score (nSPS) is 11.7. The number of fused-ring (bicyclic) bond motifs is 1. The lowest BCUT2D eigenvalue weighted by molar-refractivity contribution is 0.792. The summed E-state index contributed by atoms with van der Waals surface area (Å²) in [6.45, 7) is 9.85. The molecule has 1 aromatic carbocycles. The highest BCUT2D eigenvalue weighted by Gasteiger charge is 2.06. The van der Waals surface area contributed by atoms with E-state index in [9.17, 15) is 0 Å². The van der Waals surface area contributed by atoms with Gasteiger partial charge in [0.05, 0.1) is 0 Å². The summed E-state index contributed by atoms with van der Waals surface area (Å²) in [5.74, 6) is 1.82. The number of nitrogens with zero attached hydrogens (tertiary/aromatic N) is 3. The molecule has 0 aliphatic carbocycles. The molecule has 6 nitrogen and oxygen atoms in total. The molecule has 3 rings (SSSR count). The summed E-state index contributed by atoms with van der Waals surface area (Å²) in [6.07, 6.45) is 4.97. The standard InChI is InChI=1S/C23H32N6/c1-5-29(6-2)22-10-8-18(14-27-22)15-28-23(24-4)25-12-11-19-16-26-21-13-17(3)7-9-20(19)21/h7-10,13-14,16,26H,5-6,11-12,15H2,1-4H3,(H2,24,25,28). The number of guanidine groups is 1. The number of aliphatic imine (C=N–C) groups is 1. The van der Waals surface area contributed by atoms with Gasteiger partial charge in [-0.1, -0.05) is 18.2 Å². The average Bonchev–Trinajstić information content (AvgIpc) is 3.14. The van der Waals surface area contributed by atoms with E-state index in [-0.39, 0.29) is 0 Å². The van der Waals surface area contributed by atoms with E-state index in [1.54, 1.807) is 7.05 Å². The van der Waals surface area contributed by atoms with Crippen molar-refractivity contribution >= 4 is 22.7 Å². The van der Waals surface area contributed by atoms with Gasteiger partial charge in [-0.05, 0) is 56.0 Å². The molecule has 0 amide bonds. The first-order chi connectivity index (χ1) is 14.1. The maximum atomic E-state index is 4.58. The Morgan fingerprint density at radius 1 is 1.14 bits per heavy atom. The first kappa shape index (κ1) is 20.7. The zero-order chi connectivity index (χ0) is 20.6. The van der Waals surface area contributed by atoms with Crippen molar-refractivity contribution in [1.29, 1.82) is 0 Å². The van der Waals surface area contributed by atoms with E-state index in [4.69, 9.17) is 0 Å². The van der Waals surface area contributed by atoms with E-state index < -0.39 is 0 Å². The van der Waals surface area contributed by atoms with E-state index in [0.29, 0.717) is 6.54 Å². The van der Waals surface area contributed by atoms with Gasteiger partial charge >= 0.3 is 0 Å². The molecule has 0 bridgehead atoms. The largest absolute Gasteiger partial charge is 0.361 e. The fourth-order valence-electron chi connectivity index (χ4n) is 3.48. The van der Waals surface area contributed by atoms with Crippen molar-refractivity contribution in [2.45, 2.75) is 33.7 Å². The quantitative estimate of drug-likeness (QED) is 0.405. The van der Waals surface area contributed by atoms with Crippen molar-refractivity contribution in [1.82, 2.24) is 20.6 Å². The van der Waals surface area contributed by atoms with Crippen molar-refractivity contribution in [3.8, 4) is 0 Å². The Hall–Kier alpha value is -3.02. The third-order valence-corrected chi connectivity index (χ3v) is 5.19. The lowest BCUT2D eigenvalue weighted by Gasteiger charge is -2.19. The molecule has 0 unspecified atom stereocenters. The van der Waals surface area contributed by atoms with Crippen LogP contribution < -0.4 is 15.5 Å². The Bertz CT molecular complexity index is 938. The van der Waals surface area contributed by atoms with Crippen LogP contribution in [0.25, 0.3) is 10.9 Å². The summed E-state index contributed by atoms with van der Waals surface area (Å²) in [6, 6.07) is 10.7. The van der Waals surface area contributed by atoms with Gasteiger partial charge in [-0.15, -0.1) is 0 Å². The molecule has 0 radical (unpaired) electrons. The van der Waals surface area contributed by atoms with Crippen LogP contribution in [0.15, 0.2) is 47.7 Å². The summed E-state index contributed by atoms with van der Waals surface area (Å²) in [7, 11) is 1.80. The van der Waals surface area contributed by atoms with Gasteiger partial charge in [-0.2, -0.15) is 0 Å². The molecule has 0 aliphatic rings. The fourth-order valence-corrected chi connectivity index (χ4v) is 3.48. The van der Waals surface area contributed by atoms with Gasteiger partial charge in [-0.3, -0.25) is 4.99 Å². The average molecular weight is 393 g/mol. The summed E-state index contributed by atoms with van der Waals surface area (Å²) in [5, 5.41) is 8.05. The first-order valence-electron chi connectivity index (χ1n) is 10.4. The smallest absolute Gasteiger partial charge is 0.191 e. The van der Waals surface area contributed by atoms with E-state index >= 15 is 0 Å². The van der Waals surface area contributed by atoms with Crippen LogP contribution in [0, 0.1) is 6.92 Å². The molecule has 0 atom stereocenters. The predicted molar refractivity (Wildman–Crippen MR) is 123 cm³/mol. The van der Waals surface area contributed by atoms with Crippen LogP contribution in [-0.4, -0.2) is 42.6 Å². The highest BCUT2D eigenvalue weighted by Crippen LogP contribution is 2.19. The number of hydrogen-bond acceptors (Lipinski definition) is 3. The van der Waals surface area contributed by atoms with Crippen molar-refractivity contribution in [3.05, 3.63) is 59.4 Å². The molecule has 0 saturated carbocycles. The molecule has 2 heterocycles. The maximum Gasteiger partial charge on any atom is 0.191 e. The van der Waals surface area contributed by atoms with Gasteiger partial charge < -0.3 is 20.5 Å². The van der Waals surface area contributed by atoms with Gasteiger partial charge in [-0.25, -0.2) is 4.98 Å². The summed E-state index contributed by atoms with van der Waals surface area (Å²) in [5.41, 5.74) is 4.92. The van der Waals surface area contributed by atoms with Gasteiger partial charge in [0.2, 0.25) is 0 Å². The van der Waals surface area contributed by atoms with Crippen molar-refractivity contribution < 1.29 is 0 Å². The van der Waals surface area contributed by atoms with E-state index in [1.165, 1.54) is 22.0 Å². The van der Waals surface area contributed by atoms with Crippen molar-refractivity contribution in [2.24, 2.45) is 4.99 Å². The number of rotatable bonds is 8. The minimum atomic E-state index is 0.692. The molecule has 3 N–H and O–H groups in total. The lowest BCUT2D eigenvalue weighted by Crippen LogP contribution is -2.37. The molecular formula is C23H32N6. The number of benzene rings is 1. The minimum Gasteiger partial charge on any atom is -0.361 e. The number of H-pyrrole nitrogens is 1. The van der Waals surface area contributed by atoms with E-state index in [1.807, 2.05) is 6.20 Å². The highest BCUT2D eigenvalue weighted by molar-refractivity contribution is 5.84. The number of nitrogens with one attached hydrogen (secondary N) is 3. The minimum absolute atomic E-state index is 0.692. The Morgan fingerprint density at radius 2 is 1.97 bits per heavy atom. The topological polar surface area (TPSA) is 68.3 Å². The molecule has 0 aliphatic heterocycles. The first-order valence-corrected chi connectivity index (χ1v) is 10.4. The zero-order valence-corrected chi connectivity index (χ0v) is 17.9. The second kappa shape index (κ2) is 9.96. The summed E-state index contributed by atoms with van der Waals surface area (Å²) < 4.78 is 0. The summed E-state index contributed by atoms with van der Waals surface area (Å²) in [4.78, 5) is 14.5. The molecule has 0 fully saturated rings. The maximum absolute atomic E-state index is 4.58. The number of aromatic amines is 1. The van der Waals surface area contributed by atoms with E-state index in [2.05, 4.69) is 87.8 Å². The molecule has 6 heteroatoms. The van der Waals surface area contributed by atoms with Gasteiger partial charge in [0.25, 0.3) is 0 Å². The number of anilines is 1. The number of aryl methyl sites for hydroxylation is 1. The third kappa shape index (κ3) is 5.28.